The number of pyridine rings is 1. The lowest BCUT2D eigenvalue weighted by molar-refractivity contribution is 0.0697. The number of oxime groups is 1. The van der Waals surface area contributed by atoms with E-state index in [1.54, 1.807) is 37.5 Å². The molecule has 0 aliphatic rings. The number of rotatable bonds is 4. The summed E-state index contributed by atoms with van der Waals surface area (Å²) in [4.78, 5) is 20.5. The van der Waals surface area contributed by atoms with E-state index in [9.17, 15) is 9.90 Å². The molecular weight excluding hydrogens is 326 g/mol. The molecule has 3 rings (SSSR count). The Hall–Kier alpha value is -3.06. The molecule has 0 saturated carbocycles. The first-order chi connectivity index (χ1) is 11.6. The van der Waals surface area contributed by atoms with Gasteiger partial charge in [0.2, 0.25) is 0 Å². The minimum atomic E-state index is -1.00. The van der Waals surface area contributed by atoms with E-state index in [2.05, 4.69) is 15.1 Å². The number of hydrogen-bond donors (Lipinski definition) is 2. The lowest BCUT2D eigenvalue weighted by Crippen LogP contribution is -1.98. The highest BCUT2D eigenvalue weighted by Gasteiger charge is 2.18. The van der Waals surface area contributed by atoms with Crippen molar-refractivity contribution in [2.75, 3.05) is 0 Å². The molecule has 0 spiro atoms. The Morgan fingerprint density at radius 3 is 2.58 bits per heavy atom. The van der Waals surface area contributed by atoms with Crippen molar-refractivity contribution in [1.29, 1.82) is 0 Å². The molecule has 0 aliphatic heterocycles. The third kappa shape index (κ3) is 3.02. The van der Waals surface area contributed by atoms with Gasteiger partial charge < -0.3 is 10.3 Å². The Morgan fingerprint density at radius 1 is 1.17 bits per heavy atom. The topological polar surface area (TPSA) is 95.7 Å². The SMILES string of the molecule is C/C(=N\O)c1sc(-c2ccncc2)nc1-c1cccc(C(=O)O)c1. The van der Waals surface area contributed by atoms with Crippen LogP contribution in [0.4, 0.5) is 0 Å². The Bertz CT molecular complexity index is 920. The molecule has 0 bridgehead atoms. The van der Waals surface area contributed by atoms with Crippen molar-refractivity contribution in [3.05, 3.63) is 59.2 Å². The molecule has 0 radical (unpaired) electrons. The van der Waals surface area contributed by atoms with Crippen LogP contribution in [-0.4, -0.2) is 32.0 Å². The van der Waals surface area contributed by atoms with Crippen LogP contribution in [0.3, 0.4) is 0 Å². The maximum absolute atomic E-state index is 11.2. The molecule has 2 aromatic heterocycles. The molecule has 6 nitrogen and oxygen atoms in total. The normalized spacial score (nSPS) is 11.5. The largest absolute Gasteiger partial charge is 0.478 e. The first kappa shape index (κ1) is 15.8. The smallest absolute Gasteiger partial charge is 0.335 e. The molecule has 24 heavy (non-hydrogen) atoms. The van der Waals surface area contributed by atoms with Crippen molar-refractivity contribution >= 4 is 23.0 Å². The van der Waals surface area contributed by atoms with Gasteiger partial charge in [0.15, 0.2) is 0 Å². The summed E-state index contributed by atoms with van der Waals surface area (Å²) in [6, 6.07) is 10.2. The number of thiazole rings is 1. The summed E-state index contributed by atoms with van der Waals surface area (Å²) in [5, 5.41) is 22.3. The molecule has 0 atom stereocenters. The summed E-state index contributed by atoms with van der Waals surface area (Å²) in [6.45, 7) is 1.67. The van der Waals surface area contributed by atoms with Gasteiger partial charge in [-0.3, -0.25) is 4.98 Å². The fourth-order valence-corrected chi connectivity index (χ4v) is 3.26. The number of benzene rings is 1. The number of hydrogen-bond acceptors (Lipinski definition) is 6. The average molecular weight is 339 g/mol. The van der Waals surface area contributed by atoms with Crippen LogP contribution in [0.15, 0.2) is 53.9 Å². The molecule has 3 aromatic rings. The standard InChI is InChI=1S/C17H13N3O3S/c1-10(20-23)15-14(12-3-2-4-13(9-12)17(21)22)19-16(24-15)11-5-7-18-8-6-11/h2-9,23H,1H3,(H,21,22)/b20-10+. The third-order valence-corrected chi connectivity index (χ3v) is 4.63. The fraction of sp³-hybridized carbons (Fsp3) is 0.0588. The number of aromatic nitrogens is 2. The lowest BCUT2D eigenvalue weighted by Gasteiger charge is -2.02. The minimum Gasteiger partial charge on any atom is -0.478 e. The minimum absolute atomic E-state index is 0.176. The van der Waals surface area contributed by atoms with Gasteiger partial charge in [-0.1, -0.05) is 17.3 Å². The van der Waals surface area contributed by atoms with Crippen LogP contribution in [0.25, 0.3) is 21.8 Å². The van der Waals surface area contributed by atoms with E-state index in [1.807, 2.05) is 12.1 Å². The highest BCUT2D eigenvalue weighted by molar-refractivity contribution is 7.17. The Morgan fingerprint density at radius 2 is 1.92 bits per heavy atom. The number of carboxylic acids is 1. The molecular formula is C17H13N3O3S. The van der Waals surface area contributed by atoms with Crippen LogP contribution < -0.4 is 0 Å². The van der Waals surface area contributed by atoms with Crippen molar-refractivity contribution in [3.8, 4) is 21.8 Å². The summed E-state index contributed by atoms with van der Waals surface area (Å²) < 4.78 is 0. The fourth-order valence-electron chi connectivity index (χ4n) is 2.22. The zero-order valence-electron chi connectivity index (χ0n) is 12.7. The van der Waals surface area contributed by atoms with Gasteiger partial charge in [-0.15, -0.1) is 11.3 Å². The maximum Gasteiger partial charge on any atom is 0.335 e. The second-order valence-corrected chi connectivity index (χ2v) is 6.00. The second kappa shape index (κ2) is 6.59. The van der Waals surface area contributed by atoms with Gasteiger partial charge in [-0.05, 0) is 31.2 Å². The van der Waals surface area contributed by atoms with Crippen LogP contribution in [-0.2, 0) is 0 Å². The van der Waals surface area contributed by atoms with Crippen LogP contribution >= 0.6 is 11.3 Å². The van der Waals surface area contributed by atoms with E-state index in [1.165, 1.54) is 17.4 Å². The average Bonchev–Trinajstić information content (AvgIpc) is 3.07. The van der Waals surface area contributed by atoms with E-state index in [-0.39, 0.29) is 5.56 Å². The first-order valence-electron chi connectivity index (χ1n) is 7.04. The molecule has 0 saturated heterocycles. The molecule has 7 heteroatoms. The van der Waals surface area contributed by atoms with Gasteiger partial charge in [0.1, 0.15) is 5.01 Å². The Kier molecular flexibility index (Phi) is 4.35. The molecule has 0 aliphatic carbocycles. The van der Waals surface area contributed by atoms with Crippen molar-refractivity contribution in [3.63, 3.8) is 0 Å². The van der Waals surface area contributed by atoms with Crippen LogP contribution in [0.2, 0.25) is 0 Å². The first-order valence-corrected chi connectivity index (χ1v) is 7.86. The predicted octanol–water partition coefficient (Wildman–Crippen LogP) is 3.77. The maximum atomic E-state index is 11.2. The summed E-state index contributed by atoms with van der Waals surface area (Å²) in [6.07, 6.45) is 3.35. The zero-order chi connectivity index (χ0) is 17.1. The van der Waals surface area contributed by atoms with E-state index >= 15 is 0 Å². The molecule has 1 aromatic carbocycles. The third-order valence-electron chi connectivity index (χ3n) is 3.42. The number of carboxylic acid groups (broad SMARTS) is 1. The molecule has 2 N–H and O–H groups in total. The van der Waals surface area contributed by atoms with Gasteiger partial charge in [0, 0.05) is 23.5 Å². The van der Waals surface area contributed by atoms with E-state index in [0.717, 1.165) is 10.6 Å². The van der Waals surface area contributed by atoms with E-state index < -0.39 is 5.97 Å². The summed E-state index contributed by atoms with van der Waals surface area (Å²) >= 11 is 1.38. The highest BCUT2D eigenvalue weighted by Crippen LogP contribution is 2.34. The van der Waals surface area contributed by atoms with Gasteiger partial charge in [-0.25, -0.2) is 9.78 Å². The lowest BCUT2D eigenvalue weighted by atomic mass is 10.1. The van der Waals surface area contributed by atoms with Crippen molar-refractivity contribution in [1.82, 2.24) is 9.97 Å². The van der Waals surface area contributed by atoms with E-state index in [4.69, 9.17) is 5.21 Å². The molecule has 0 fully saturated rings. The van der Waals surface area contributed by atoms with Crippen molar-refractivity contribution < 1.29 is 15.1 Å². The summed E-state index contributed by atoms with van der Waals surface area (Å²) in [5.41, 5.74) is 2.73. The van der Waals surface area contributed by atoms with Gasteiger partial charge in [-0.2, -0.15) is 0 Å². The van der Waals surface area contributed by atoms with Gasteiger partial charge in [0.25, 0.3) is 0 Å². The van der Waals surface area contributed by atoms with E-state index in [0.29, 0.717) is 21.8 Å². The van der Waals surface area contributed by atoms with Crippen LogP contribution in [0, 0.1) is 0 Å². The number of carbonyl (C=O) groups is 1. The molecule has 120 valence electrons. The monoisotopic (exact) mass is 339 g/mol. The molecule has 0 amide bonds. The molecule has 2 heterocycles. The number of nitrogens with zero attached hydrogens (tertiary/aromatic N) is 3. The van der Waals surface area contributed by atoms with Crippen LogP contribution in [0.1, 0.15) is 22.2 Å². The Labute approximate surface area is 141 Å². The highest BCUT2D eigenvalue weighted by atomic mass is 32.1. The van der Waals surface area contributed by atoms with Crippen molar-refractivity contribution in [2.24, 2.45) is 5.16 Å². The van der Waals surface area contributed by atoms with Crippen LogP contribution in [0.5, 0.6) is 0 Å². The van der Waals surface area contributed by atoms with Gasteiger partial charge >= 0.3 is 5.97 Å². The summed E-state index contributed by atoms with van der Waals surface area (Å²) in [7, 11) is 0. The zero-order valence-corrected chi connectivity index (χ0v) is 13.5. The Balaban J connectivity index is 2.18. The van der Waals surface area contributed by atoms with Gasteiger partial charge in [0.05, 0.1) is 21.8 Å². The number of aromatic carboxylic acids is 1. The predicted molar refractivity (Wildman–Crippen MR) is 91.7 cm³/mol. The van der Waals surface area contributed by atoms with Crippen molar-refractivity contribution in [2.45, 2.75) is 6.92 Å². The molecule has 0 unspecified atom stereocenters. The second-order valence-electron chi connectivity index (χ2n) is 5.00. The quantitative estimate of drug-likeness (QED) is 0.428. The summed E-state index contributed by atoms with van der Waals surface area (Å²) in [5.74, 6) is -1.00.